The van der Waals surface area contributed by atoms with E-state index < -0.39 is 5.97 Å². The summed E-state index contributed by atoms with van der Waals surface area (Å²) in [7, 11) is 1.72. The number of carboxylic acids is 1. The number of carbonyl (C=O) groups is 2. The molecule has 0 spiro atoms. The summed E-state index contributed by atoms with van der Waals surface area (Å²) in [4.78, 5) is 24.0. The number of aryl methyl sites for hydroxylation is 1. The molecule has 0 aliphatic heterocycles. The van der Waals surface area contributed by atoms with E-state index in [-0.39, 0.29) is 18.0 Å². The van der Waals surface area contributed by atoms with Gasteiger partial charge in [0.05, 0.1) is 6.42 Å². The lowest BCUT2D eigenvalue weighted by Crippen LogP contribution is -2.27. The molecular formula is C20H24N2O3. The number of carboxylic acid groups (broad SMARTS) is 1. The van der Waals surface area contributed by atoms with Crippen molar-refractivity contribution in [2.24, 2.45) is 7.05 Å². The summed E-state index contributed by atoms with van der Waals surface area (Å²) in [5, 5.41) is 13.3. The van der Waals surface area contributed by atoms with Crippen LogP contribution < -0.4 is 5.32 Å². The van der Waals surface area contributed by atoms with Gasteiger partial charge in [-0.3, -0.25) is 4.79 Å². The molecule has 1 aliphatic carbocycles. The van der Waals surface area contributed by atoms with E-state index in [1.165, 1.54) is 18.4 Å². The maximum absolute atomic E-state index is 12.3. The van der Waals surface area contributed by atoms with Crippen molar-refractivity contribution in [1.82, 2.24) is 9.88 Å². The number of aromatic carboxylic acids is 1. The number of amides is 1. The molecule has 0 unspecified atom stereocenters. The van der Waals surface area contributed by atoms with E-state index in [1.807, 2.05) is 24.3 Å². The molecule has 0 radical (unpaired) electrons. The van der Waals surface area contributed by atoms with Crippen molar-refractivity contribution < 1.29 is 14.7 Å². The molecule has 132 valence electrons. The van der Waals surface area contributed by atoms with Crippen LogP contribution in [0.3, 0.4) is 0 Å². The summed E-state index contributed by atoms with van der Waals surface area (Å²) in [6.07, 6.45) is 8.01. The number of hydrogen-bond acceptors (Lipinski definition) is 2. The molecule has 0 saturated carbocycles. The second-order valence-corrected chi connectivity index (χ2v) is 6.59. The molecule has 2 N–H and O–H groups in total. The lowest BCUT2D eigenvalue weighted by atomic mass is 9.97. The van der Waals surface area contributed by atoms with Crippen molar-refractivity contribution in [1.29, 1.82) is 0 Å². The molecule has 5 heteroatoms. The van der Waals surface area contributed by atoms with Crippen LogP contribution in [-0.2, 0) is 18.3 Å². The minimum Gasteiger partial charge on any atom is -0.477 e. The number of carbonyl (C=O) groups excluding carboxylic acids is 1. The molecule has 0 bridgehead atoms. The Hall–Kier alpha value is -2.56. The Kier molecular flexibility index (Phi) is 5.22. The van der Waals surface area contributed by atoms with Crippen molar-refractivity contribution >= 4 is 22.8 Å². The summed E-state index contributed by atoms with van der Waals surface area (Å²) in [6.45, 7) is 0.609. The first kappa shape index (κ1) is 17.3. The fourth-order valence-corrected chi connectivity index (χ4v) is 3.64. The lowest BCUT2D eigenvalue weighted by Gasteiger charge is -2.13. The summed E-state index contributed by atoms with van der Waals surface area (Å²) in [6, 6.07) is 7.48. The summed E-state index contributed by atoms with van der Waals surface area (Å²) < 4.78 is 1.65. The first-order chi connectivity index (χ1) is 12.1. The topological polar surface area (TPSA) is 71.3 Å². The molecular weight excluding hydrogens is 316 g/mol. The SMILES string of the molecule is Cn1c(C(=O)O)c(CC(=O)NCCC2=CCCCC2)c2ccccc21. The third kappa shape index (κ3) is 3.76. The first-order valence-electron chi connectivity index (χ1n) is 8.82. The normalized spacial score (nSPS) is 14.4. The highest BCUT2D eigenvalue weighted by Crippen LogP contribution is 2.26. The number of rotatable bonds is 6. The molecule has 0 fully saturated rings. The summed E-state index contributed by atoms with van der Waals surface area (Å²) in [5.74, 6) is -1.14. The smallest absolute Gasteiger partial charge is 0.352 e. The maximum atomic E-state index is 12.3. The fourth-order valence-electron chi connectivity index (χ4n) is 3.64. The van der Waals surface area contributed by atoms with E-state index in [4.69, 9.17) is 0 Å². The van der Waals surface area contributed by atoms with Gasteiger partial charge in [-0.05, 0) is 38.2 Å². The number of fused-ring (bicyclic) bond motifs is 1. The van der Waals surface area contributed by atoms with Gasteiger partial charge in [-0.15, -0.1) is 0 Å². The van der Waals surface area contributed by atoms with Gasteiger partial charge in [-0.1, -0.05) is 29.8 Å². The Morgan fingerprint density at radius 2 is 2.04 bits per heavy atom. The number of para-hydroxylation sites is 1. The average Bonchev–Trinajstić information content (AvgIpc) is 2.88. The van der Waals surface area contributed by atoms with Crippen molar-refractivity contribution in [3.63, 3.8) is 0 Å². The summed E-state index contributed by atoms with van der Waals surface area (Å²) in [5.41, 5.74) is 3.02. The van der Waals surface area contributed by atoms with Crippen LogP contribution in [0.25, 0.3) is 10.9 Å². The number of hydrogen-bond donors (Lipinski definition) is 2. The Bertz CT molecular complexity index is 833. The number of nitrogens with zero attached hydrogens (tertiary/aromatic N) is 1. The van der Waals surface area contributed by atoms with E-state index in [2.05, 4.69) is 11.4 Å². The van der Waals surface area contributed by atoms with Crippen LogP contribution >= 0.6 is 0 Å². The molecule has 1 aliphatic rings. The van der Waals surface area contributed by atoms with Crippen LogP contribution in [0, 0.1) is 0 Å². The van der Waals surface area contributed by atoms with Crippen molar-refractivity contribution in [2.45, 2.75) is 38.5 Å². The van der Waals surface area contributed by atoms with Crippen LogP contribution in [-0.4, -0.2) is 28.1 Å². The van der Waals surface area contributed by atoms with Gasteiger partial charge in [0.2, 0.25) is 5.91 Å². The molecule has 25 heavy (non-hydrogen) atoms. The average molecular weight is 340 g/mol. The van der Waals surface area contributed by atoms with Crippen LogP contribution in [0.1, 0.15) is 48.2 Å². The van der Waals surface area contributed by atoms with Gasteiger partial charge >= 0.3 is 5.97 Å². The lowest BCUT2D eigenvalue weighted by molar-refractivity contribution is -0.120. The molecule has 0 saturated heterocycles. The Labute approximate surface area is 147 Å². The predicted molar refractivity (Wildman–Crippen MR) is 97.8 cm³/mol. The quantitative estimate of drug-likeness (QED) is 0.792. The van der Waals surface area contributed by atoms with Crippen molar-refractivity contribution in [3.8, 4) is 0 Å². The third-order valence-corrected chi connectivity index (χ3v) is 4.91. The largest absolute Gasteiger partial charge is 0.477 e. The van der Waals surface area contributed by atoms with Gasteiger partial charge < -0.3 is 15.0 Å². The van der Waals surface area contributed by atoms with Gasteiger partial charge in [0.1, 0.15) is 5.69 Å². The number of allylic oxidation sites excluding steroid dienone is 1. The zero-order valence-electron chi connectivity index (χ0n) is 14.5. The van der Waals surface area contributed by atoms with Crippen molar-refractivity contribution in [2.75, 3.05) is 6.54 Å². The molecule has 5 nitrogen and oxygen atoms in total. The maximum Gasteiger partial charge on any atom is 0.352 e. The monoisotopic (exact) mass is 340 g/mol. The van der Waals surface area contributed by atoms with Crippen LogP contribution in [0.5, 0.6) is 0 Å². The van der Waals surface area contributed by atoms with Gasteiger partial charge in [-0.2, -0.15) is 0 Å². The molecule has 1 aromatic heterocycles. The zero-order chi connectivity index (χ0) is 17.8. The molecule has 1 amide bonds. The predicted octanol–water partition coefficient (Wildman–Crippen LogP) is 3.43. The Morgan fingerprint density at radius 1 is 1.24 bits per heavy atom. The molecule has 1 aromatic carbocycles. The van der Waals surface area contributed by atoms with Crippen molar-refractivity contribution in [3.05, 3.63) is 47.2 Å². The van der Waals surface area contributed by atoms with Crippen LogP contribution in [0.4, 0.5) is 0 Å². The molecule has 0 atom stereocenters. The molecule has 1 heterocycles. The van der Waals surface area contributed by atoms with E-state index in [0.717, 1.165) is 30.2 Å². The highest BCUT2D eigenvalue weighted by Gasteiger charge is 2.22. The first-order valence-corrected chi connectivity index (χ1v) is 8.82. The Balaban J connectivity index is 1.71. The van der Waals surface area contributed by atoms with Crippen LogP contribution in [0.15, 0.2) is 35.9 Å². The number of aromatic nitrogens is 1. The van der Waals surface area contributed by atoms with E-state index in [9.17, 15) is 14.7 Å². The fraction of sp³-hybridized carbons (Fsp3) is 0.400. The minimum atomic E-state index is -1.01. The van der Waals surface area contributed by atoms with Crippen LogP contribution in [0.2, 0.25) is 0 Å². The number of nitrogens with one attached hydrogen (secondary N) is 1. The van der Waals surface area contributed by atoms with Gasteiger partial charge in [-0.25, -0.2) is 4.79 Å². The molecule has 3 rings (SSSR count). The molecule has 2 aromatic rings. The third-order valence-electron chi connectivity index (χ3n) is 4.91. The Morgan fingerprint density at radius 3 is 2.76 bits per heavy atom. The van der Waals surface area contributed by atoms with Gasteiger partial charge in [0.25, 0.3) is 0 Å². The summed E-state index contributed by atoms with van der Waals surface area (Å²) >= 11 is 0. The van der Waals surface area contributed by atoms with E-state index in [1.54, 1.807) is 11.6 Å². The standard InChI is InChI=1S/C20H24N2O3/c1-22-17-10-6-5-9-15(17)16(19(22)20(24)25)13-18(23)21-12-11-14-7-3-2-4-8-14/h5-7,9-10H,2-4,8,11-13H2,1H3,(H,21,23)(H,24,25). The van der Waals surface area contributed by atoms with Gasteiger partial charge in [0, 0.05) is 30.1 Å². The highest BCUT2D eigenvalue weighted by molar-refractivity contribution is 6.00. The second kappa shape index (κ2) is 7.55. The van der Waals surface area contributed by atoms with E-state index in [0.29, 0.717) is 12.1 Å². The minimum absolute atomic E-state index is 0.0854. The second-order valence-electron chi connectivity index (χ2n) is 6.59. The zero-order valence-corrected chi connectivity index (χ0v) is 14.5. The van der Waals surface area contributed by atoms with E-state index >= 15 is 0 Å². The highest BCUT2D eigenvalue weighted by atomic mass is 16.4. The number of benzene rings is 1. The van der Waals surface area contributed by atoms with Gasteiger partial charge in [0.15, 0.2) is 0 Å².